The van der Waals surface area contributed by atoms with E-state index in [1.807, 2.05) is 17.8 Å². The van der Waals surface area contributed by atoms with Crippen molar-refractivity contribution in [3.05, 3.63) is 88.0 Å². The first kappa shape index (κ1) is 23.1. The van der Waals surface area contributed by atoms with Crippen molar-refractivity contribution < 1.29 is 25.2 Å². The lowest BCUT2D eigenvalue weighted by atomic mass is 9.89. The Morgan fingerprint density at radius 3 is 2.61 bits per heavy atom. The molecule has 2 unspecified atom stereocenters. The number of hydrogen-bond donors (Lipinski definition) is 4. The molecule has 5 nitrogen and oxygen atoms in total. The normalized spacial score (nSPS) is 32.9. The molecule has 1 saturated heterocycles. The van der Waals surface area contributed by atoms with Crippen LogP contribution in [0.2, 0.25) is 5.02 Å². The van der Waals surface area contributed by atoms with Gasteiger partial charge in [0.2, 0.25) is 0 Å². The molecule has 0 spiro atoms. The van der Waals surface area contributed by atoms with E-state index in [2.05, 4.69) is 42.5 Å². The Balaban J connectivity index is 1.38. The summed E-state index contributed by atoms with van der Waals surface area (Å²) in [6.07, 6.45) is 4.53. The highest BCUT2D eigenvalue weighted by atomic mass is 35.5. The van der Waals surface area contributed by atoms with Gasteiger partial charge in [0.25, 0.3) is 0 Å². The molecule has 2 aliphatic heterocycles. The Hall–Kier alpha value is -1.64. The second-order valence-electron chi connectivity index (χ2n) is 8.94. The molecule has 2 aromatic rings. The largest absolute Gasteiger partial charge is 0.394 e. The van der Waals surface area contributed by atoms with Gasteiger partial charge in [-0.25, -0.2) is 0 Å². The summed E-state index contributed by atoms with van der Waals surface area (Å²) in [5, 5.41) is 41.3. The van der Waals surface area contributed by atoms with Crippen molar-refractivity contribution >= 4 is 23.4 Å². The van der Waals surface area contributed by atoms with Crippen LogP contribution in [0.3, 0.4) is 0 Å². The predicted molar refractivity (Wildman–Crippen MR) is 129 cm³/mol. The maximum atomic E-state index is 10.5. The van der Waals surface area contributed by atoms with Gasteiger partial charge in [-0.2, -0.15) is 0 Å². The maximum Gasteiger partial charge on any atom is 0.113 e. The van der Waals surface area contributed by atoms with Gasteiger partial charge in [0, 0.05) is 15.2 Å². The molecule has 0 bridgehead atoms. The second kappa shape index (κ2) is 9.55. The number of allylic oxidation sites excluding steroid dienone is 3. The van der Waals surface area contributed by atoms with E-state index >= 15 is 0 Å². The summed E-state index contributed by atoms with van der Waals surface area (Å²) in [7, 11) is 0. The molecule has 7 heteroatoms. The molecule has 0 radical (unpaired) electrons. The molecule has 1 aliphatic carbocycles. The van der Waals surface area contributed by atoms with E-state index in [-0.39, 0.29) is 0 Å². The Labute approximate surface area is 202 Å². The zero-order chi connectivity index (χ0) is 23.1. The van der Waals surface area contributed by atoms with Crippen LogP contribution in [0.15, 0.2) is 65.6 Å². The van der Waals surface area contributed by atoms with Crippen LogP contribution in [0, 0.1) is 5.92 Å². The second-order valence-corrected chi connectivity index (χ2v) is 10.6. The molecule has 7 atom stereocenters. The number of thioether (sulfide) groups is 1. The van der Waals surface area contributed by atoms with Crippen LogP contribution < -0.4 is 0 Å². The van der Waals surface area contributed by atoms with E-state index in [0.29, 0.717) is 28.2 Å². The molecule has 2 heterocycles. The van der Waals surface area contributed by atoms with Gasteiger partial charge in [-0.3, -0.25) is 0 Å². The Morgan fingerprint density at radius 2 is 1.79 bits per heavy atom. The third-order valence-corrected chi connectivity index (χ3v) is 8.51. The van der Waals surface area contributed by atoms with Crippen LogP contribution in [0.4, 0.5) is 0 Å². The summed E-state index contributed by atoms with van der Waals surface area (Å²) in [6, 6.07) is 11.9. The zero-order valence-electron chi connectivity index (χ0n) is 17.9. The van der Waals surface area contributed by atoms with Gasteiger partial charge in [-0.1, -0.05) is 60.2 Å². The van der Waals surface area contributed by atoms with Gasteiger partial charge in [-0.15, -0.1) is 11.8 Å². The van der Waals surface area contributed by atoms with Gasteiger partial charge in [0.1, 0.15) is 30.5 Å². The highest BCUT2D eigenvalue weighted by Crippen LogP contribution is 2.42. The molecular formula is C26H27ClO5S. The number of aliphatic hydroxyl groups is 4. The zero-order valence-corrected chi connectivity index (χ0v) is 19.5. The fraction of sp³-hybridized carbons (Fsp3) is 0.385. The van der Waals surface area contributed by atoms with Crippen molar-refractivity contribution in [3.63, 3.8) is 0 Å². The molecule has 4 N–H and O–H groups in total. The lowest BCUT2D eigenvalue weighted by Crippen LogP contribution is -2.55. The topological polar surface area (TPSA) is 90.2 Å². The Bertz CT molecular complexity index is 1080. The lowest BCUT2D eigenvalue weighted by molar-refractivity contribution is -0.231. The fourth-order valence-electron chi connectivity index (χ4n) is 4.84. The maximum absolute atomic E-state index is 10.5. The molecule has 5 rings (SSSR count). The Kier molecular flexibility index (Phi) is 6.69. The SMILES string of the molecule is OC[C@H]1O[C@@H](c2ccc(Cl)c(Cc3ccc4c(c3)SC3C=CC=CC3C4)c2)[C@H](O)[C@@H](O)[C@@H]1O. The van der Waals surface area contributed by atoms with E-state index in [4.69, 9.17) is 16.3 Å². The number of aliphatic hydroxyl groups excluding tert-OH is 4. The van der Waals surface area contributed by atoms with Gasteiger partial charge < -0.3 is 25.2 Å². The molecule has 1 fully saturated rings. The first-order chi connectivity index (χ1) is 15.9. The van der Waals surface area contributed by atoms with Crippen LogP contribution in [-0.4, -0.2) is 56.7 Å². The van der Waals surface area contributed by atoms with Crippen LogP contribution in [0.1, 0.15) is 28.4 Å². The summed E-state index contributed by atoms with van der Waals surface area (Å²) in [5.41, 5.74) is 4.03. The summed E-state index contributed by atoms with van der Waals surface area (Å²) in [6.45, 7) is -0.457. The number of rotatable bonds is 4. The lowest BCUT2D eigenvalue weighted by Gasteiger charge is -2.40. The summed E-state index contributed by atoms with van der Waals surface area (Å²) < 4.78 is 5.72. The number of ether oxygens (including phenoxy) is 1. The number of hydrogen-bond acceptors (Lipinski definition) is 6. The van der Waals surface area contributed by atoms with Crippen molar-refractivity contribution in [2.75, 3.05) is 6.61 Å². The molecule has 0 aromatic heterocycles. The number of halogens is 1. The quantitative estimate of drug-likeness (QED) is 0.530. The summed E-state index contributed by atoms with van der Waals surface area (Å²) in [4.78, 5) is 1.30. The summed E-state index contributed by atoms with van der Waals surface area (Å²) >= 11 is 8.41. The van der Waals surface area contributed by atoms with Gasteiger partial charge in [0.05, 0.1) is 6.61 Å². The van der Waals surface area contributed by atoms with Crippen molar-refractivity contribution in [1.82, 2.24) is 0 Å². The van der Waals surface area contributed by atoms with Crippen LogP contribution in [-0.2, 0) is 17.6 Å². The van der Waals surface area contributed by atoms with Crippen molar-refractivity contribution in [1.29, 1.82) is 0 Å². The first-order valence-corrected chi connectivity index (χ1v) is 12.4. The van der Waals surface area contributed by atoms with E-state index < -0.39 is 37.1 Å². The first-order valence-electron chi connectivity index (χ1n) is 11.2. The molecule has 2 aromatic carbocycles. The predicted octanol–water partition coefficient (Wildman–Crippen LogP) is 3.20. The van der Waals surface area contributed by atoms with Crippen LogP contribution in [0.25, 0.3) is 0 Å². The van der Waals surface area contributed by atoms with Crippen molar-refractivity contribution in [2.45, 2.75) is 53.5 Å². The molecule has 0 saturated carbocycles. The van der Waals surface area contributed by atoms with E-state index in [0.717, 1.165) is 17.5 Å². The van der Waals surface area contributed by atoms with E-state index in [1.54, 1.807) is 12.1 Å². The minimum absolute atomic E-state index is 0.457. The van der Waals surface area contributed by atoms with E-state index in [9.17, 15) is 20.4 Å². The minimum Gasteiger partial charge on any atom is -0.394 e. The standard InChI is InChI=1S/C26H27ClO5S/c27-19-8-7-17(26-25(31)24(30)23(29)20(13-28)32-26)12-18(19)9-14-5-6-16-11-15-3-1-2-4-21(15)33-22(16)10-14/h1-8,10,12,15,20-21,23-26,28-31H,9,11,13H2/t15?,20-,21?,23-,24+,25-,26+/m1/s1. The number of benzene rings is 2. The monoisotopic (exact) mass is 486 g/mol. The van der Waals surface area contributed by atoms with Gasteiger partial charge in [0.15, 0.2) is 0 Å². The smallest absolute Gasteiger partial charge is 0.113 e. The van der Waals surface area contributed by atoms with Gasteiger partial charge in [-0.05, 0) is 53.1 Å². The fourth-order valence-corrected chi connectivity index (χ4v) is 6.37. The highest BCUT2D eigenvalue weighted by molar-refractivity contribution is 8.00. The van der Waals surface area contributed by atoms with Crippen molar-refractivity contribution in [2.24, 2.45) is 5.92 Å². The average molecular weight is 487 g/mol. The molecule has 0 amide bonds. The molecular weight excluding hydrogens is 460 g/mol. The minimum atomic E-state index is -1.41. The average Bonchev–Trinajstić information content (AvgIpc) is 2.83. The molecule has 174 valence electrons. The van der Waals surface area contributed by atoms with Crippen molar-refractivity contribution in [3.8, 4) is 0 Å². The highest BCUT2D eigenvalue weighted by Gasteiger charge is 2.44. The molecule has 33 heavy (non-hydrogen) atoms. The van der Waals surface area contributed by atoms with Crippen LogP contribution in [0.5, 0.6) is 0 Å². The summed E-state index contributed by atoms with van der Waals surface area (Å²) in [5.74, 6) is 0.544. The van der Waals surface area contributed by atoms with Crippen LogP contribution >= 0.6 is 23.4 Å². The third-order valence-electron chi connectivity index (χ3n) is 6.73. The Morgan fingerprint density at radius 1 is 0.970 bits per heavy atom. The van der Waals surface area contributed by atoms with E-state index in [1.165, 1.54) is 10.5 Å². The molecule has 3 aliphatic rings. The third kappa shape index (κ3) is 4.54. The van der Waals surface area contributed by atoms with Gasteiger partial charge >= 0.3 is 0 Å². The number of fused-ring (bicyclic) bond motifs is 2.